The molecule has 3 aromatic rings. The normalized spacial score (nSPS) is 14.8. The number of methoxy groups -OCH3 is 1. The van der Waals surface area contributed by atoms with E-state index >= 15 is 0 Å². The number of carbonyl (C=O) groups excluding carboxylic acids is 1. The highest BCUT2D eigenvalue weighted by atomic mass is 32.2. The van der Waals surface area contributed by atoms with E-state index < -0.39 is 10.0 Å². The van der Waals surface area contributed by atoms with E-state index in [0.717, 1.165) is 30.3 Å². The summed E-state index contributed by atoms with van der Waals surface area (Å²) in [5.74, 6) is 0.769. The van der Waals surface area contributed by atoms with Crippen molar-refractivity contribution in [1.82, 2.24) is 14.5 Å². The quantitative estimate of drug-likeness (QED) is 0.489. The number of amides is 1. The molecule has 1 saturated heterocycles. The van der Waals surface area contributed by atoms with Crippen LogP contribution in [0.2, 0.25) is 0 Å². The minimum atomic E-state index is -3.61. The number of nitrogens with one attached hydrogen (secondary N) is 1. The van der Waals surface area contributed by atoms with Gasteiger partial charge in [-0.1, -0.05) is 18.2 Å². The summed E-state index contributed by atoms with van der Waals surface area (Å²) in [7, 11) is -1.95. The van der Waals surface area contributed by atoms with Gasteiger partial charge in [-0.25, -0.2) is 13.1 Å². The number of rotatable bonds is 9. The number of carbonyl (C=O) groups is 1. The van der Waals surface area contributed by atoms with Gasteiger partial charge in [0.05, 0.1) is 12.0 Å². The monoisotopic (exact) mass is 499 g/mol. The summed E-state index contributed by atoms with van der Waals surface area (Å²) in [4.78, 5) is 18.4. The average molecular weight is 500 g/mol. The Hall–Kier alpha value is -2.72. The topological polar surface area (TPSA) is 79.0 Å². The molecule has 1 N–H and O–H groups in total. The molecule has 0 radical (unpaired) electrons. The van der Waals surface area contributed by atoms with Crippen LogP contribution in [0, 0.1) is 0 Å². The highest BCUT2D eigenvalue weighted by molar-refractivity contribution is 7.89. The molecule has 9 heteroatoms. The minimum absolute atomic E-state index is 0.0706. The number of ether oxygens (including phenoxy) is 1. The maximum absolute atomic E-state index is 12.9. The van der Waals surface area contributed by atoms with E-state index in [-0.39, 0.29) is 10.8 Å². The molecule has 0 atom stereocenters. The number of benzene rings is 2. The van der Waals surface area contributed by atoms with Crippen molar-refractivity contribution in [3.63, 3.8) is 0 Å². The molecular weight excluding hydrogens is 470 g/mol. The van der Waals surface area contributed by atoms with Gasteiger partial charge in [0.2, 0.25) is 10.0 Å². The van der Waals surface area contributed by atoms with Crippen LogP contribution in [-0.2, 0) is 23.0 Å². The number of piperazine rings is 1. The van der Waals surface area contributed by atoms with E-state index in [2.05, 4.69) is 21.8 Å². The number of sulfonamides is 1. The van der Waals surface area contributed by atoms with Gasteiger partial charge in [0.25, 0.3) is 5.91 Å². The molecule has 2 aromatic carbocycles. The summed E-state index contributed by atoms with van der Waals surface area (Å²) in [6, 6.07) is 18.2. The van der Waals surface area contributed by atoms with Crippen molar-refractivity contribution in [3.8, 4) is 5.75 Å². The lowest BCUT2D eigenvalue weighted by atomic mass is 10.1. The molecule has 7 nitrogen and oxygen atoms in total. The SMILES string of the molecule is COc1ccc(CN2CCN(C(=O)c3ccc(S(=O)(=O)NCCc4cccs4)cc3)CC2)cc1. The van der Waals surface area contributed by atoms with Gasteiger partial charge in [-0.15, -0.1) is 11.3 Å². The molecule has 0 bridgehead atoms. The lowest BCUT2D eigenvalue weighted by Gasteiger charge is -2.34. The van der Waals surface area contributed by atoms with E-state index in [0.29, 0.717) is 31.6 Å². The predicted molar refractivity (Wildman–Crippen MR) is 134 cm³/mol. The lowest BCUT2D eigenvalue weighted by Crippen LogP contribution is -2.48. The van der Waals surface area contributed by atoms with Crippen molar-refractivity contribution < 1.29 is 17.9 Å². The Labute approximate surface area is 205 Å². The molecule has 1 aromatic heterocycles. The van der Waals surface area contributed by atoms with Crippen LogP contribution in [-0.4, -0.2) is 64.0 Å². The minimum Gasteiger partial charge on any atom is -0.497 e. The molecule has 0 spiro atoms. The predicted octanol–water partition coefficient (Wildman–Crippen LogP) is 3.24. The third-order valence-corrected chi connectivity index (χ3v) is 8.29. The fourth-order valence-corrected chi connectivity index (χ4v) is 5.65. The van der Waals surface area contributed by atoms with Gasteiger partial charge >= 0.3 is 0 Å². The maximum atomic E-state index is 12.9. The van der Waals surface area contributed by atoms with Crippen molar-refractivity contribution in [2.24, 2.45) is 0 Å². The van der Waals surface area contributed by atoms with Crippen LogP contribution in [0.1, 0.15) is 20.8 Å². The fourth-order valence-electron chi connectivity index (χ4n) is 3.90. The number of thiophene rings is 1. The smallest absolute Gasteiger partial charge is 0.253 e. The Morgan fingerprint density at radius 1 is 1.00 bits per heavy atom. The van der Waals surface area contributed by atoms with E-state index in [4.69, 9.17) is 4.74 Å². The Morgan fingerprint density at radius 3 is 2.32 bits per heavy atom. The van der Waals surface area contributed by atoms with Crippen molar-refractivity contribution in [2.75, 3.05) is 39.8 Å². The van der Waals surface area contributed by atoms with Gasteiger partial charge in [-0.05, 0) is 59.8 Å². The fraction of sp³-hybridized carbons (Fsp3) is 0.320. The van der Waals surface area contributed by atoms with Crippen molar-refractivity contribution in [1.29, 1.82) is 0 Å². The largest absolute Gasteiger partial charge is 0.497 e. The summed E-state index contributed by atoms with van der Waals surface area (Å²) in [5, 5.41) is 1.97. The van der Waals surface area contributed by atoms with Crippen molar-refractivity contribution >= 4 is 27.3 Å². The van der Waals surface area contributed by atoms with Gasteiger partial charge in [-0.3, -0.25) is 9.69 Å². The average Bonchev–Trinajstić information content (AvgIpc) is 3.38. The second-order valence-corrected chi connectivity index (χ2v) is 11.0. The zero-order valence-corrected chi connectivity index (χ0v) is 20.8. The molecule has 0 aliphatic carbocycles. The molecule has 180 valence electrons. The summed E-state index contributed by atoms with van der Waals surface area (Å²) in [6.07, 6.45) is 0.651. The lowest BCUT2D eigenvalue weighted by molar-refractivity contribution is 0.0628. The van der Waals surface area contributed by atoms with Crippen molar-refractivity contribution in [2.45, 2.75) is 17.9 Å². The molecule has 0 unspecified atom stereocenters. The van der Waals surface area contributed by atoms with E-state index in [9.17, 15) is 13.2 Å². The first-order valence-electron chi connectivity index (χ1n) is 11.2. The van der Waals surface area contributed by atoms with Crippen LogP contribution < -0.4 is 9.46 Å². The molecule has 1 amide bonds. The summed E-state index contributed by atoms with van der Waals surface area (Å²) in [6.45, 7) is 4.03. The number of hydrogen-bond acceptors (Lipinski definition) is 6. The summed E-state index contributed by atoms with van der Waals surface area (Å²) >= 11 is 1.60. The van der Waals surface area contributed by atoms with Gasteiger partial charge in [-0.2, -0.15) is 0 Å². The van der Waals surface area contributed by atoms with Crippen LogP contribution in [0.4, 0.5) is 0 Å². The van der Waals surface area contributed by atoms with Crippen LogP contribution in [0.3, 0.4) is 0 Å². The van der Waals surface area contributed by atoms with Crippen LogP contribution >= 0.6 is 11.3 Å². The highest BCUT2D eigenvalue weighted by Gasteiger charge is 2.23. The van der Waals surface area contributed by atoms with Gasteiger partial charge in [0.15, 0.2) is 0 Å². The highest BCUT2D eigenvalue weighted by Crippen LogP contribution is 2.17. The molecular formula is C25H29N3O4S2. The van der Waals surface area contributed by atoms with Crippen LogP contribution in [0.15, 0.2) is 70.9 Å². The van der Waals surface area contributed by atoms with E-state index in [1.807, 2.05) is 34.5 Å². The first-order chi connectivity index (χ1) is 16.4. The first-order valence-corrected chi connectivity index (χ1v) is 13.6. The van der Waals surface area contributed by atoms with Crippen LogP contribution in [0.25, 0.3) is 0 Å². The molecule has 1 aliphatic rings. The van der Waals surface area contributed by atoms with E-state index in [1.54, 1.807) is 30.6 Å². The van der Waals surface area contributed by atoms with Crippen molar-refractivity contribution in [3.05, 3.63) is 82.0 Å². The molecule has 1 aliphatic heterocycles. The molecule has 1 fully saturated rings. The summed E-state index contributed by atoms with van der Waals surface area (Å²) < 4.78 is 32.9. The second-order valence-electron chi connectivity index (χ2n) is 8.17. The Balaban J connectivity index is 1.27. The zero-order chi connectivity index (χ0) is 24.0. The zero-order valence-electron chi connectivity index (χ0n) is 19.1. The number of nitrogens with zero attached hydrogens (tertiary/aromatic N) is 2. The Kier molecular flexibility index (Phi) is 7.99. The van der Waals surface area contributed by atoms with Gasteiger partial charge < -0.3 is 9.64 Å². The van der Waals surface area contributed by atoms with Gasteiger partial charge in [0, 0.05) is 49.7 Å². The Bertz CT molecular complexity index is 1170. The summed E-state index contributed by atoms with van der Waals surface area (Å²) in [5.41, 5.74) is 1.71. The van der Waals surface area contributed by atoms with Gasteiger partial charge in [0.1, 0.15) is 5.75 Å². The molecule has 2 heterocycles. The number of hydrogen-bond donors (Lipinski definition) is 1. The van der Waals surface area contributed by atoms with E-state index in [1.165, 1.54) is 17.7 Å². The Morgan fingerprint density at radius 2 is 1.71 bits per heavy atom. The molecule has 0 saturated carbocycles. The molecule has 4 rings (SSSR count). The van der Waals surface area contributed by atoms with Crippen LogP contribution in [0.5, 0.6) is 5.75 Å². The molecule has 34 heavy (non-hydrogen) atoms. The third-order valence-electron chi connectivity index (χ3n) is 5.88. The third kappa shape index (κ3) is 6.24. The second kappa shape index (κ2) is 11.1. The maximum Gasteiger partial charge on any atom is 0.253 e. The first kappa shape index (κ1) is 24.4. The standard InChI is InChI=1S/C25H29N3O4S2/c1-32-22-8-4-20(5-9-22)19-27-14-16-28(17-15-27)25(29)21-6-10-24(11-7-21)34(30,31)26-13-12-23-3-2-18-33-23/h2-11,18,26H,12-17,19H2,1H3.